The zero-order chi connectivity index (χ0) is 36.4. The summed E-state index contributed by atoms with van der Waals surface area (Å²) in [6.07, 6.45) is 0. The second-order valence-corrected chi connectivity index (χ2v) is 14.0. The van der Waals surface area contributed by atoms with E-state index in [1.807, 2.05) is 0 Å². The predicted molar refractivity (Wildman–Crippen MR) is 224 cm³/mol. The van der Waals surface area contributed by atoms with E-state index in [1.165, 1.54) is 44.6 Å². The van der Waals surface area contributed by atoms with Crippen molar-refractivity contribution in [2.45, 2.75) is 48.5 Å². The van der Waals surface area contributed by atoms with Crippen LogP contribution in [0, 0.1) is 48.5 Å². The molecule has 0 radical (unpaired) electrons. The van der Waals surface area contributed by atoms with Crippen molar-refractivity contribution < 1.29 is 0 Å². The van der Waals surface area contributed by atoms with Crippen molar-refractivity contribution in [3.05, 3.63) is 197 Å². The van der Waals surface area contributed by atoms with Gasteiger partial charge in [-0.2, -0.15) is 0 Å². The third kappa shape index (κ3) is 6.70. The topological polar surface area (TPSA) is 9.72 Å². The first kappa shape index (κ1) is 34.4. The van der Waals surface area contributed by atoms with Gasteiger partial charge in [0, 0.05) is 34.1 Å². The summed E-state index contributed by atoms with van der Waals surface area (Å²) in [5.74, 6) is 0. The largest absolute Gasteiger partial charge is 0.310 e. The maximum absolute atomic E-state index is 2.50. The van der Waals surface area contributed by atoms with Gasteiger partial charge in [0.1, 0.15) is 0 Å². The Morgan fingerprint density at radius 1 is 0.250 bits per heavy atom. The van der Waals surface area contributed by atoms with Crippen LogP contribution in [0.1, 0.15) is 38.9 Å². The molecule has 0 atom stereocenters. The van der Waals surface area contributed by atoms with Gasteiger partial charge in [-0.3, -0.25) is 0 Å². The highest BCUT2D eigenvalue weighted by Gasteiger charge is 2.31. The van der Waals surface area contributed by atoms with E-state index in [2.05, 4.69) is 221 Å². The minimum atomic E-state index is 1.11. The number of hydrogen-bond donors (Lipinski definition) is 0. The fraction of sp³-hybridized carbons (Fsp3) is 0.143. The second-order valence-electron chi connectivity index (χ2n) is 14.0. The fourth-order valence-electron chi connectivity index (χ4n) is 7.88. The van der Waals surface area contributed by atoms with Crippen molar-refractivity contribution in [1.29, 1.82) is 0 Å². The summed E-state index contributed by atoms with van der Waals surface area (Å²) in [5.41, 5.74) is 18.7. The maximum Gasteiger partial charge on any atom is 0.0562 e. The first-order valence-corrected chi connectivity index (χ1v) is 18.1. The van der Waals surface area contributed by atoms with Crippen LogP contribution in [0.5, 0.6) is 0 Å². The average molecular weight is 678 g/mol. The molecule has 0 heterocycles. The summed E-state index contributed by atoms with van der Waals surface area (Å²) in [5, 5.41) is 0. The molecule has 0 spiro atoms. The molecule has 3 heteroatoms. The van der Waals surface area contributed by atoms with Crippen molar-refractivity contribution in [1.82, 2.24) is 0 Å². The molecule has 0 unspecified atom stereocenters. The van der Waals surface area contributed by atoms with Crippen LogP contribution >= 0.6 is 0 Å². The summed E-state index contributed by atoms with van der Waals surface area (Å²) in [6.45, 7) is 15.7. The Bertz CT molecular complexity index is 2030. The monoisotopic (exact) mass is 677 g/mol. The molecule has 0 N–H and O–H groups in total. The highest BCUT2D eigenvalue weighted by Crippen LogP contribution is 2.53. The van der Waals surface area contributed by atoms with Crippen LogP contribution in [0.2, 0.25) is 0 Å². The van der Waals surface area contributed by atoms with Crippen LogP contribution in [0.3, 0.4) is 0 Å². The Morgan fingerprint density at radius 2 is 0.462 bits per heavy atom. The van der Waals surface area contributed by atoms with Gasteiger partial charge in [-0.1, -0.05) is 84.9 Å². The van der Waals surface area contributed by atoms with Crippen LogP contribution in [-0.4, -0.2) is 0 Å². The molecule has 7 aromatic rings. The van der Waals surface area contributed by atoms with Gasteiger partial charge >= 0.3 is 0 Å². The van der Waals surface area contributed by atoms with E-state index in [4.69, 9.17) is 0 Å². The standard InChI is InChI=1S/C49H47N3/c1-34-28-35(2)31-45(30-34)52(46-32-36(3)29-37(4)33-46)49-39(6)47(50(41-20-12-8-13-21-41)42-22-14-9-15-23-42)38(5)48(40(49)7)51(43-24-16-10-17-25-43)44-26-18-11-19-27-44/h8-33H,1-7H3. The van der Waals surface area contributed by atoms with Crippen molar-refractivity contribution >= 4 is 51.2 Å². The van der Waals surface area contributed by atoms with Crippen molar-refractivity contribution in [3.63, 3.8) is 0 Å². The van der Waals surface area contributed by atoms with E-state index in [1.54, 1.807) is 0 Å². The van der Waals surface area contributed by atoms with Crippen LogP contribution in [0.4, 0.5) is 51.2 Å². The zero-order valence-corrected chi connectivity index (χ0v) is 31.4. The molecule has 0 amide bonds. The number of para-hydroxylation sites is 4. The smallest absolute Gasteiger partial charge is 0.0562 e. The van der Waals surface area contributed by atoms with Gasteiger partial charge in [-0.25, -0.2) is 0 Å². The van der Waals surface area contributed by atoms with Gasteiger partial charge in [0.15, 0.2) is 0 Å². The molecule has 0 bridgehead atoms. The Morgan fingerprint density at radius 3 is 0.692 bits per heavy atom. The maximum atomic E-state index is 2.50. The highest BCUT2D eigenvalue weighted by molar-refractivity contribution is 5.97. The van der Waals surface area contributed by atoms with Gasteiger partial charge in [0.2, 0.25) is 0 Å². The third-order valence-corrected chi connectivity index (χ3v) is 9.79. The summed E-state index contributed by atoms with van der Waals surface area (Å²) >= 11 is 0. The van der Waals surface area contributed by atoms with Crippen molar-refractivity contribution in [2.75, 3.05) is 14.7 Å². The number of nitrogens with zero attached hydrogens (tertiary/aromatic N) is 3. The van der Waals surface area contributed by atoms with Crippen LogP contribution < -0.4 is 14.7 Å². The molecule has 258 valence electrons. The minimum Gasteiger partial charge on any atom is -0.310 e. The van der Waals surface area contributed by atoms with E-state index >= 15 is 0 Å². The minimum absolute atomic E-state index is 1.11. The van der Waals surface area contributed by atoms with E-state index in [0.29, 0.717) is 0 Å². The number of aryl methyl sites for hydroxylation is 4. The van der Waals surface area contributed by atoms with Gasteiger partial charge in [-0.05, 0) is 160 Å². The van der Waals surface area contributed by atoms with Gasteiger partial charge in [-0.15, -0.1) is 0 Å². The summed E-state index contributed by atoms with van der Waals surface area (Å²) < 4.78 is 0. The lowest BCUT2D eigenvalue weighted by Crippen LogP contribution is -2.22. The van der Waals surface area contributed by atoms with E-state index in [0.717, 1.165) is 45.5 Å². The van der Waals surface area contributed by atoms with Crippen LogP contribution in [-0.2, 0) is 0 Å². The number of anilines is 9. The SMILES string of the molecule is Cc1cc(C)cc(N(c2cc(C)cc(C)c2)c2c(C)c(N(c3ccccc3)c3ccccc3)c(C)c(N(c3ccccc3)c3ccccc3)c2C)c1. The van der Waals surface area contributed by atoms with Gasteiger partial charge < -0.3 is 14.7 Å². The molecule has 7 rings (SSSR count). The van der Waals surface area contributed by atoms with E-state index in [-0.39, 0.29) is 0 Å². The Labute approximate surface area is 310 Å². The number of rotatable bonds is 9. The van der Waals surface area contributed by atoms with E-state index < -0.39 is 0 Å². The van der Waals surface area contributed by atoms with Crippen LogP contribution in [0.25, 0.3) is 0 Å². The fourth-order valence-corrected chi connectivity index (χ4v) is 7.88. The normalized spacial score (nSPS) is 11.0. The Hall–Kier alpha value is -6.06. The molecule has 0 aliphatic carbocycles. The summed E-state index contributed by atoms with van der Waals surface area (Å²) in [4.78, 5) is 7.37. The van der Waals surface area contributed by atoms with Crippen molar-refractivity contribution in [2.24, 2.45) is 0 Å². The van der Waals surface area contributed by atoms with Gasteiger partial charge in [0.25, 0.3) is 0 Å². The predicted octanol–water partition coefficient (Wildman–Crippen LogP) is 14.3. The molecular formula is C49H47N3. The Kier molecular flexibility index (Phi) is 9.69. The van der Waals surface area contributed by atoms with Crippen molar-refractivity contribution in [3.8, 4) is 0 Å². The lowest BCUT2D eigenvalue weighted by Gasteiger charge is -2.38. The summed E-state index contributed by atoms with van der Waals surface area (Å²) in [6, 6.07) is 56.9. The third-order valence-electron chi connectivity index (χ3n) is 9.79. The highest BCUT2D eigenvalue weighted by atomic mass is 15.2. The van der Waals surface area contributed by atoms with Crippen LogP contribution in [0.15, 0.2) is 158 Å². The number of hydrogen-bond acceptors (Lipinski definition) is 3. The first-order chi connectivity index (χ1) is 25.2. The molecule has 0 fully saturated rings. The molecule has 0 aliphatic heterocycles. The molecule has 7 aromatic carbocycles. The molecule has 52 heavy (non-hydrogen) atoms. The lowest BCUT2D eigenvalue weighted by molar-refractivity contribution is 1.13. The quantitative estimate of drug-likeness (QED) is 0.151. The zero-order valence-electron chi connectivity index (χ0n) is 31.4. The first-order valence-electron chi connectivity index (χ1n) is 18.1. The molecule has 0 saturated carbocycles. The molecule has 0 aliphatic rings. The average Bonchev–Trinajstić information content (AvgIpc) is 3.14. The van der Waals surface area contributed by atoms with Gasteiger partial charge in [0.05, 0.1) is 17.1 Å². The molecule has 0 aromatic heterocycles. The van der Waals surface area contributed by atoms with E-state index in [9.17, 15) is 0 Å². The number of benzene rings is 7. The summed E-state index contributed by atoms with van der Waals surface area (Å²) in [7, 11) is 0. The molecule has 0 saturated heterocycles. The second kappa shape index (κ2) is 14.7. The lowest BCUT2D eigenvalue weighted by atomic mass is 9.93. The Balaban J connectivity index is 1.67. The molecule has 3 nitrogen and oxygen atoms in total. The molecular weight excluding hydrogens is 631 g/mol.